The van der Waals surface area contributed by atoms with Crippen molar-refractivity contribution in [1.82, 2.24) is 34.6 Å². The van der Waals surface area contributed by atoms with Crippen LogP contribution in [0.3, 0.4) is 0 Å². The smallest absolute Gasteiger partial charge is 0.444 e. The lowest BCUT2D eigenvalue weighted by Gasteiger charge is -2.33. The lowest BCUT2D eigenvalue weighted by Crippen LogP contribution is -2.35. The third-order valence-corrected chi connectivity index (χ3v) is 9.48. The minimum atomic E-state index is -4.64. The van der Waals surface area contributed by atoms with Gasteiger partial charge in [0.05, 0.1) is 53.6 Å². The molecule has 2 atom stereocenters. The van der Waals surface area contributed by atoms with Crippen molar-refractivity contribution in [2.75, 3.05) is 19.7 Å². The van der Waals surface area contributed by atoms with Crippen LogP contribution in [0.5, 0.6) is 11.5 Å². The molecule has 15 heteroatoms. The zero-order chi connectivity index (χ0) is 33.9. The van der Waals surface area contributed by atoms with Gasteiger partial charge in [0.15, 0.2) is 17.3 Å². The Bertz CT molecular complexity index is 2100. The number of nitrogens with zero attached hydrogens (tertiary/aromatic N) is 7. The topological polar surface area (TPSA) is 127 Å². The van der Waals surface area contributed by atoms with Gasteiger partial charge in [0.1, 0.15) is 17.3 Å². The van der Waals surface area contributed by atoms with Gasteiger partial charge in [0.25, 0.3) is 5.79 Å². The quantitative estimate of drug-likeness (QED) is 0.205. The molecule has 2 aromatic carbocycles. The number of likely N-dealkylation sites (tertiary alicyclic amines) is 1. The predicted octanol–water partition coefficient (Wildman–Crippen LogP) is 6.06. The van der Waals surface area contributed by atoms with Crippen LogP contribution in [-0.4, -0.2) is 60.4 Å². The average molecular weight is 675 g/mol. The Hall–Kier alpha value is -5.07. The number of aromatic amines is 1. The number of aromatic nitrogens is 6. The highest BCUT2D eigenvalue weighted by Crippen LogP contribution is 2.49. The Morgan fingerprint density at radius 3 is 2.59 bits per heavy atom. The second kappa shape index (κ2) is 11.8. The fourth-order valence-electron chi connectivity index (χ4n) is 6.80. The molecule has 0 bridgehead atoms. The first-order valence-corrected chi connectivity index (χ1v) is 16.0. The summed E-state index contributed by atoms with van der Waals surface area (Å²) in [5, 5.41) is 16.0. The first kappa shape index (κ1) is 31.2. The largest absolute Gasteiger partial charge is 0.451 e. The maximum Gasteiger partial charge on any atom is 0.451 e. The number of para-hydroxylation sites is 1. The average Bonchev–Trinajstić information content (AvgIpc) is 3.78. The van der Waals surface area contributed by atoms with E-state index in [1.54, 1.807) is 25.3 Å². The van der Waals surface area contributed by atoms with Crippen LogP contribution in [0.25, 0.3) is 22.6 Å². The molecule has 0 amide bonds. The highest BCUT2D eigenvalue weighted by Gasteiger charge is 2.43. The molecule has 49 heavy (non-hydrogen) atoms. The molecule has 2 fully saturated rings. The van der Waals surface area contributed by atoms with E-state index in [-0.39, 0.29) is 34.7 Å². The molecule has 0 aliphatic carbocycles. The molecule has 3 aromatic heterocycles. The monoisotopic (exact) mass is 674 g/mol. The van der Waals surface area contributed by atoms with Crippen molar-refractivity contribution in [3.05, 3.63) is 82.8 Å². The van der Waals surface area contributed by atoms with Gasteiger partial charge < -0.3 is 23.8 Å². The number of H-pyrrole nitrogens is 1. The predicted molar refractivity (Wildman–Crippen MR) is 166 cm³/mol. The highest BCUT2D eigenvalue weighted by atomic mass is 19.4. The summed E-state index contributed by atoms with van der Waals surface area (Å²) < 4.78 is 74.6. The molecule has 3 aliphatic rings. The number of benzene rings is 2. The van der Waals surface area contributed by atoms with Gasteiger partial charge in [-0.25, -0.2) is 9.37 Å². The van der Waals surface area contributed by atoms with Gasteiger partial charge in [-0.05, 0) is 68.6 Å². The highest BCUT2D eigenvalue weighted by molar-refractivity contribution is 5.79. The number of nitrogens with one attached hydrogen (secondary N) is 1. The summed E-state index contributed by atoms with van der Waals surface area (Å²) >= 11 is 0. The standard InChI is InChI=1S/C34H30F4N8O3/c1-33(23-6-5-19(15-39)13-24(23)35)48-28-4-2-3-22(30(28)49-33)20-7-10-45(11-8-20)18-29-41-25-14-26(31-42-32(44-43-31)34(36,37)38)40-16-27(25)46(29)17-21-9-12-47-21/h2-6,13-14,16,20-21H,7-12,17-18H2,1H3,(H,42,43,44). The Balaban J connectivity index is 0.996. The van der Waals surface area contributed by atoms with Crippen molar-refractivity contribution in [2.45, 2.75) is 63.3 Å². The number of fused-ring (bicyclic) bond motifs is 2. The number of hydrogen-bond donors (Lipinski definition) is 1. The molecule has 6 heterocycles. The lowest BCUT2D eigenvalue weighted by molar-refractivity contribution is -0.144. The number of ether oxygens (including phenoxy) is 3. The maximum absolute atomic E-state index is 15.0. The molecular formula is C34H30F4N8O3. The minimum Gasteiger partial charge on any atom is -0.444 e. The van der Waals surface area contributed by atoms with Gasteiger partial charge in [-0.15, -0.1) is 10.2 Å². The van der Waals surface area contributed by atoms with Crippen molar-refractivity contribution in [3.8, 4) is 29.1 Å². The van der Waals surface area contributed by atoms with Crippen molar-refractivity contribution in [1.29, 1.82) is 5.26 Å². The molecular weight excluding hydrogens is 644 g/mol. The number of pyridine rings is 1. The molecule has 0 saturated carbocycles. The third kappa shape index (κ3) is 5.74. The Morgan fingerprint density at radius 2 is 1.90 bits per heavy atom. The van der Waals surface area contributed by atoms with Crippen LogP contribution in [0, 0.1) is 17.1 Å². The second-order valence-electron chi connectivity index (χ2n) is 12.7. The molecule has 252 valence electrons. The van der Waals surface area contributed by atoms with Crippen LogP contribution in [0.15, 0.2) is 48.7 Å². The summed E-state index contributed by atoms with van der Waals surface area (Å²) in [7, 11) is 0. The van der Waals surface area contributed by atoms with Gasteiger partial charge >= 0.3 is 6.18 Å². The minimum absolute atomic E-state index is 0.0519. The van der Waals surface area contributed by atoms with E-state index in [0.29, 0.717) is 36.7 Å². The summed E-state index contributed by atoms with van der Waals surface area (Å²) in [4.78, 5) is 13.8. The summed E-state index contributed by atoms with van der Waals surface area (Å²) in [5.74, 6) is -1.07. The normalized spacial score (nSPS) is 21.2. The number of piperidine rings is 1. The van der Waals surface area contributed by atoms with Gasteiger partial charge in [0, 0.05) is 19.1 Å². The molecule has 8 rings (SSSR count). The molecule has 0 spiro atoms. The van der Waals surface area contributed by atoms with Crippen LogP contribution in [0.4, 0.5) is 17.6 Å². The fraction of sp³-hybridized carbons (Fsp3) is 0.382. The van der Waals surface area contributed by atoms with Gasteiger partial charge in [-0.2, -0.15) is 18.4 Å². The SMILES string of the molecule is CC1(c2ccc(C#N)cc2F)Oc2cccc(C3CCN(Cc4nc5cc(-c6nnc(C(F)(F)F)[nH]6)ncc5n4CC4CCO4)CC3)c2O1. The number of nitriles is 1. The Morgan fingerprint density at radius 1 is 1.08 bits per heavy atom. The first-order valence-electron chi connectivity index (χ1n) is 16.0. The van der Waals surface area contributed by atoms with Crippen molar-refractivity contribution in [3.63, 3.8) is 0 Å². The molecule has 5 aromatic rings. The van der Waals surface area contributed by atoms with Crippen LogP contribution >= 0.6 is 0 Å². The van der Waals surface area contributed by atoms with Crippen molar-refractivity contribution in [2.24, 2.45) is 0 Å². The van der Waals surface area contributed by atoms with Gasteiger partial charge in [-0.1, -0.05) is 12.1 Å². The zero-order valence-corrected chi connectivity index (χ0v) is 26.3. The fourth-order valence-corrected chi connectivity index (χ4v) is 6.80. The molecule has 1 N–H and O–H groups in total. The molecule has 2 unspecified atom stereocenters. The van der Waals surface area contributed by atoms with E-state index in [0.717, 1.165) is 49.3 Å². The van der Waals surface area contributed by atoms with Gasteiger partial charge in [-0.3, -0.25) is 9.88 Å². The molecule has 3 aliphatic heterocycles. The summed E-state index contributed by atoms with van der Waals surface area (Å²) in [6.45, 7) is 5.09. The van der Waals surface area contributed by atoms with E-state index < -0.39 is 23.6 Å². The first-order chi connectivity index (χ1) is 23.6. The number of imidazole rings is 1. The summed E-state index contributed by atoms with van der Waals surface area (Å²) in [6.07, 6.45) is -0.376. The third-order valence-electron chi connectivity index (χ3n) is 9.48. The number of hydrogen-bond acceptors (Lipinski definition) is 9. The van der Waals surface area contributed by atoms with Crippen LogP contribution in [0.2, 0.25) is 0 Å². The van der Waals surface area contributed by atoms with Crippen LogP contribution < -0.4 is 9.47 Å². The van der Waals surface area contributed by atoms with E-state index in [1.807, 2.05) is 24.3 Å². The van der Waals surface area contributed by atoms with Crippen LogP contribution in [-0.2, 0) is 29.8 Å². The Labute approximate surface area is 277 Å². The van der Waals surface area contributed by atoms with Gasteiger partial charge in [0.2, 0.25) is 5.82 Å². The molecule has 2 saturated heterocycles. The number of halogens is 4. The Kier molecular flexibility index (Phi) is 7.53. The zero-order valence-electron chi connectivity index (χ0n) is 26.3. The van der Waals surface area contributed by atoms with E-state index in [9.17, 15) is 17.6 Å². The second-order valence-corrected chi connectivity index (χ2v) is 12.7. The maximum atomic E-state index is 15.0. The van der Waals surface area contributed by atoms with E-state index in [1.165, 1.54) is 12.1 Å². The van der Waals surface area contributed by atoms with E-state index in [2.05, 4.69) is 29.6 Å². The van der Waals surface area contributed by atoms with Crippen molar-refractivity contribution >= 4 is 11.0 Å². The number of rotatable bonds is 7. The number of alkyl halides is 3. The van der Waals surface area contributed by atoms with E-state index in [4.69, 9.17) is 24.5 Å². The van der Waals surface area contributed by atoms with E-state index >= 15 is 0 Å². The molecule has 11 nitrogen and oxygen atoms in total. The summed E-state index contributed by atoms with van der Waals surface area (Å²) in [5.41, 5.74) is 3.01. The lowest BCUT2D eigenvalue weighted by atomic mass is 9.88. The van der Waals surface area contributed by atoms with Crippen molar-refractivity contribution < 1.29 is 31.8 Å². The van der Waals surface area contributed by atoms with Crippen LogP contribution in [0.1, 0.15) is 60.4 Å². The summed E-state index contributed by atoms with van der Waals surface area (Å²) in [6, 6.07) is 13.6. The molecule has 0 radical (unpaired) electrons.